The molecule has 4 rings (SSSR count). The molecule has 0 aromatic heterocycles. The van der Waals surface area contributed by atoms with Crippen molar-refractivity contribution >= 4 is 39.1 Å². The topological polar surface area (TPSA) is 86.8 Å². The van der Waals surface area contributed by atoms with Crippen molar-refractivity contribution in [2.45, 2.75) is 57.5 Å². The molecule has 0 aliphatic carbocycles. The Bertz CT molecular complexity index is 1730. The van der Waals surface area contributed by atoms with Gasteiger partial charge in [-0.05, 0) is 73.4 Å². The Hall–Kier alpha value is -4.21. The molecule has 4 aromatic carbocycles. The summed E-state index contributed by atoms with van der Waals surface area (Å²) in [7, 11) is -4.25. The Morgan fingerprint density at radius 3 is 2.20 bits per heavy atom. The summed E-state index contributed by atoms with van der Waals surface area (Å²) >= 11 is 6.44. The van der Waals surface area contributed by atoms with Gasteiger partial charge in [-0.3, -0.25) is 13.9 Å². The largest absolute Gasteiger partial charge is 0.354 e. The van der Waals surface area contributed by atoms with E-state index < -0.39 is 34.3 Å². The highest BCUT2D eigenvalue weighted by Crippen LogP contribution is 2.29. The van der Waals surface area contributed by atoms with Crippen molar-refractivity contribution in [1.29, 1.82) is 0 Å². The number of aryl methyl sites for hydroxylation is 2. The van der Waals surface area contributed by atoms with E-state index in [9.17, 15) is 22.4 Å². The Labute approximate surface area is 276 Å². The van der Waals surface area contributed by atoms with Gasteiger partial charge in [0.25, 0.3) is 10.0 Å². The predicted molar refractivity (Wildman–Crippen MR) is 181 cm³/mol. The second-order valence-corrected chi connectivity index (χ2v) is 13.5. The van der Waals surface area contributed by atoms with Gasteiger partial charge in [0.05, 0.1) is 10.6 Å². The van der Waals surface area contributed by atoms with E-state index in [0.29, 0.717) is 17.1 Å². The molecule has 0 saturated carbocycles. The smallest absolute Gasteiger partial charge is 0.264 e. The van der Waals surface area contributed by atoms with Gasteiger partial charge >= 0.3 is 0 Å². The first-order valence-electron chi connectivity index (χ1n) is 15.2. The fourth-order valence-electron chi connectivity index (χ4n) is 4.95. The average Bonchev–Trinajstić information content (AvgIpc) is 3.04. The summed E-state index contributed by atoms with van der Waals surface area (Å²) in [4.78, 5) is 29.7. The number of halogens is 2. The van der Waals surface area contributed by atoms with E-state index in [1.54, 1.807) is 43.3 Å². The minimum Gasteiger partial charge on any atom is -0.354 e. The summed E-state index contributed by atoms with van der Waals surface area (Å²) in [6.07, 6.45) is 1.81. The van der Waals surface area contributed by atoms with E-state index in [1.807, 2.05) is 44.2 Å². The third kappa shape index (κ3) is 8.95. The number of hydrogen-bond acceptors (Lipinski definition) is 4. The normalized spacial score (nSPS) is 11.9. The van der Waals surface area contributed by atoms with E-state index in [-0.39, 0.29) is 29.5 Å². The maximum atomic E-state index is 14.5. The molecule has 0 aliphatic rings. The van der Waals surface area contributed by atoms with Gasteiger partial charge in [-0.1, -0.05) is 91.2 Å². The maximum absolute atomic E-state index is 14.5. The molecule has 0 radical (unpaired) electrons. The Morgan fingerprint density at radius 2 is 1.57 bits per heavy atom. The summed E-state index contributed by atoms with van der Waals surface area (Å²) in [5.74, 6) is -1.41. The summed E-state index contributed by atoms with van der Waals surface area (Å²) in [6, 6.07) is 25.2. The molecule has 46 heavy (non-hydrogen) atoms. The van der Waals surface area contributed by atoms with Gasteiger partial charge < -0.3 is 10.2 Å². The van der Waals surface area contributed by atoms with Crippen LogP contribution in [0.3, 0.4) is 0 Å². The van der Waals surface area contributed by atoms with E-state index in [2.05, 4.69) is 5.32 Å². The zero-order chi connectivity index (χ0) is 33.3. The van der Waals surface area contributed by atoms with E-state index >= 15 is 0 Å². The summed E-state index contributed by atoms with van der Waals surface area (Å²) in [5, 5.41) is 3.29. The van der Waals surface area contributed by atoms with Crippen LogP contribution in [0.2, 0.25) is 5.02 Å². The number of sulfonamides is 1. The van der Waals surface area contributed by atoms with Crippen LogP contribution < -0.4 is 9.62 Å². The molecule has 0 spiro atoms. The van der Waals surface area contributed by atoms with Crippen LogP contribution in [0, 0.1) is 19.7 Å². The van der Waals surface area contributed by atoms with Crippen LogP contribution in [0.5, 0.6) is 0 Å². The quantitative estimate of drug-likeness (QED) is 0.150. The van der Waals surface area contributed by atoms with Crippen LogP contribution in [0.4, 0.5) is 10.1 Å². The van der Waals surface area contributed by atoms with Crippen LogP contribution >= 0.6 is 11.6 Å². The highest BCUT2D eigenvalue weighted by molar-refractivity contribution is 7.92. The van der Waals surface area contributed by atoms with Crippen molar-refractivity contribution in [3.63, 3.8) is 0 Å². The molecule has 0 fully saturated rings. The number of nitrogens with one attached hydrogen (secondary N) is 1. The van der Waals surface area contributed by atoms with E-state index in [4.69, 9.17) is 11.6 Å². The molecule has 1 N–H and O–H groups in total. The van der Waals surface area contributed by atoms with Crippen molar-refractivity contribution in [1.82, 2.24) is 10.2 Å². The number of unbranched alkanes of at least 4 members (excludes halogenated alkanes) is 1. The lowest BCUT2D eigenvalue weighted by molar-refractivity contribution is -0.140. The molecule has 0 bridgehead atoms. The van der Waals surface area contributed by atoms with Crippen LogP contribution in [0.25, 0.3) is 0 Å². The van der Waals surface area contributed by atoms with Crippen molar-refractivity contribution in [2.24, 2.45) is 0 Å². The molecule has 0 aliphatic heterocycles. The number of carbonyl (C=O) groups is 2. The van der Waals surface area contributed by atoms with Gasteiger partial charge in [-0.2, -0.15) is 0 Å². The van der Waals surface area contributed by atoms with Crippen LogP contribution in [0.15, 0.2) is 102 Å². The standard InChI is InChI=1S/C36H39ClFN3O4S/c1-4-5-21-39-36(43)34(22-28-9-7-6-8-10-28)40(24-29-14-16-30(38)17-15-29)35(42)25-41(31-18-13-27(3)33(37)23-31)46(44,45)32-19-11-26(2)12-20-32/h6-20,23,34H,4-5,21-22,24-25H2,1-3H3,(H,39,43)/t34-/m0/s1. The molecule has 2 amide bonds. The molecule has 7 nitrogen and oxygen atoms in total. The van der Waals surface area contributed by atoms with Crippen molar-refractivity contribution in [3.05, 3.63) is 130 Å². The van der Waals surface area contributed by atoms with Gasteiger partial charge in [-0.25, -0.2) is 12.8 Å². The van der Waals surface area contributed by atoms with E-state index in [1.165, 1.54) is 35.2 Å². The van der Waals surface area contributed by atoms with Gasteiger partial charge in [0.1, 0.15) is 18.4 Å². The van der Waals surface area contributed by atoms with Crippen molar-refractivity contribution < 1.29 is 22.4 Å². The SMILES string of the molecule is CCCCNC(=O)[C@H](Cc1ccccc1)N(Cc1ccc(F)cc1)C(=O)CN(c1ccc(C)c(Cl)c1)S(=O)(=O)c1ccc(C)cc1. The number of rotatable bonds is 14. The molecule has 1 atom stereocenters. The van der Waals surface area contributed by atoms with Crippen molar-refractivity contribution in [2.75, 3.05) is 17.4 Å². The predicted octanol–water partition coefficient (Wildman–Crippen LogP) is 6.85. The first-order valence-corrected chi connectivity index (χ1v) is 17.0. The number of carbonyl (C=O) groups excluding carboxylic acids is 2. The van der Waals surface area contributed by atoms with Crippen molar-refractivity contribution in [3.8, 4) is 0 Å². The Kier molecular flexibility index (Phi) is 12.0. The first kappa shape index (κ1) is 34.7. The van der Waals surface area contributed by atoms with Gasteiger partial charge in [0, 0.05) is 24.5 Å². The van der Waals surface area contributed by atoms with Gasteiger partial charge in [0.2, 0.25) is 11.8 Å². The lowest BCUT2D eigenvalue weighted by Crippen LogP contribution is -2.53. The molecule has 10 heteroatoms. The summed E-state index contributed by atoms with van der Waals surface area (Å²) in [5.41, 5.74) is 3.24. The zero-order valence-corrected chi connectivity index (χ0v) is 27.8. The highest BCUT2D eigenvalue weighted by Gasteiger charge is 2.34. The van der Waals surface area contributed by atoms with Gasteiger partial charge in [0.15, 0.2) is 0 Å². The molecule has 0 heterocycles. The molecule has 0 unspecified atom stereocenters. The number of nitrogens with zero attached hydrogens (tertiary/aromatic N) is 2. The fraction of sp³-hybridized carbons (Fsp3) is 0.278. The second-order valence-electron chi connectivity index (χ2n) is 11.3. The third-order valence-electron chi connectivity index (χ3n) is 7.70. The van der Waals surface area contributed by atoms with Crippen LogP contribution in [-0.4, -0.2) is 44.3 Å². The second kappa shape index (κ2) is 15.9. The summed E-state index contributed by atoms with van der Waals surface area (Å²) < 4.78 is 43.2. The summed E-state index contributed by atoms with van der Waals surface area (Å²) in [6.45, 7) is 5.43. The number of benzene rings is 4. The molecular formula is C36H39ClFN3O4S. The zero-order valence-electron chi connectivity index (χ0n) is 26.2. The minimum atomic E-state index is -4.25. The number of anilines is 1. The Balaban J connectivity index is 1.80. The number of amides is 2. The third-order valence-corrected chi connectivity index (χ3v) is 9.89. The van der Waals surface area contributed by atoms with Crippen LogP contribution in [-0.2, 0) is 32.6 Å². The number of hydrogen-bond donors (Lipinski definition) is 1. The molecular weight excluding hydrogens is 625 g/mol. The lowest BCUT2D eigenvalue weighted by Gasteiger charge is -2.34. The van der Waals surface area contributed by atoms with Gasteiger partial charge in [-0.15, -0.1) is 0 Å². The molecule has 0 saturated heterocycles. The lowest BCUT2D eigenvalue weighted by atomic mass is 10.0. The maximum Gasteiger partial charge on any atom is 0.264 e. The first-order chi connectivity index (χ1) is 22.0. The highest BCUT2D eigenvalue weighted by atomic mass is 35.5. The Morgan fingerprint density at radius 1 is 0.891 bits per heavy atom. The average molecular weight is 664 g/mol. The fourth-order valence-corrected chi connectivity index (χ4v) is 6.53. The molecule has 242 valence electrons. The van der Waals surface area contributed by atoms with Crippen LogP contribution in [0.1, 0.15) is 42.0 Å². The minimum absolute atomic E-state index is 0.00539. The van der Waals surface area contributed by atoms with E-state index in [0.717, 1.165) is 33.8 Å². The monoisotopic (exact) mass is 663 g/mol. The molecule has 4 aromatic rings.